The van der Waals surface area contributed by atoms with Gasteiger partial charge < -0.3 is 4.90 Å². The number of hydrogen-bond acceptors (Lipinski definition) is 4. The molecule has 0 N–H and O–H groups in total. The fourth-order valence-corrected chi connectivity index (χ4v) is 4.78. The third-order valence-electron chi connectivity index (χ3n) is 5.26. The molecule has 166 valence electrons. The lowest BCUT2D eigenvalue weighted by Crippen LogP contribution is -2.37. The van der Waals surface area contributed by atoms with E-state index >= 15 is 0 Å². The van der Waals surface area contributed by atoms with E-state index in [0.717, 1.165) is 27.0 Å². The van der Waals surface area contributed by atoms with E-state index in [2.05, 4.69) is 56.3 Å². The van der Waals surface area contributed by atoms with Crippen molar-refractivity contribution >= 4 is 28.3 Å². The second-order valence-electron chi connectivity index (χ2n) is 9.02. The van der Waals surface area contributed by atoms with Gasteiger partial charge in [-0.05, 0) is 34.9 Å². The Labute approximate surface area is 193 Å². The number of thiophene rings is 1. The van der Waals surface area contributed by atoms with Crippen molar-refractivity contribution in [3.05, 3.63) is 71.4 Å². The maximum absolute atomic E-state index is 13.8. The van der Waals surface area contributed by atoms with Gasteiger partial charge in [0.15, 0.2) is 11.3 Å². The van der Waals surface area contributed by atoms with Crippen molar-refractivity contribution in [3.63, 3.8) is 0 Å². The van der Waals surface area contributed by atoms with Gasteiger partial charge in [-0.25, -0.2) is 9.67 Å². The number of benzene rings is 1. The average molecular weight is 447 g/mol. The summed E-state index contributed by atoms with van der Waals surface area (Å²) in [6.07, 6.45) is 1.81. The number of aromatic nitrogens is 3. The molecule has 0 aliphatic heterocycles. The Balaban J connectivity index is 1.87. The molecule has 0 aliphatic carbocycles. The molecule has 0 spiro atoms. The minimum Gasteiger partial charge on any atom is -0.337 e. The molecule has 4 aromatic rings. The summed E-state index contributed by atoms with van der Waals surface area (Å²) in [5, 5.41) is 7.76. The van der Waals surface area contributed by atoms with Crippen LogP contribution in [-0.2, 0) is 6.54 Å². The highest BCUT2D eigenvalue weighted by atomic mass is 32.1. The molecule has 3 heterocycles. The highest BCUT2D eigenvalue weighted by Crippen LogP contribution is 2.34. The molecule has 0 aliphatic rings. The summed E-state index contributed by atoms with van der Waals surface area (Å²) in [6, 6.07) is 16.3. The number of carbonyl (C=O) groups is 1. The Bertz CT molecular complexity index is 1170. The van der Waals surface area contributed by atoms with Crippen molar-refractivity contribution in [2.45, 2.75) is 34.2 Å². The predicted octanol–water partition coefficient (Wildman–Crippen LogP) is 5.96. The summed E-state index contributed by atoms with van der Waals surface area (Å²) in [5.74, 6) is 0.741. The molecule has 32 heavy (non-hydrogen) atoms. The molecule has 0 saturated heterocycles. The second kappa shape index (κ2) is 9.65. The van der Waals surface area contributed by atoms with Crippen LogP contribution in [0.5, 0.6) is 0 Å². The fourth-order valence-electron chi connectivity index (χ4n) is 4.02. The number of fused-ring (bicyclic) bond motifs is 1. The largest absolute Gasteiger partial charge is 0.337 e. The van der Waals surface area contributed by atoms with Gasteiger partial charge in [0, 0.05) is 29.7 Å². The Morgan fingerprint density at radius 3 is 2.34 bits per heavy atom. The topological polar surface area (TPSA) is 51.0 Å². The second-order valence-corrected chi connectivity index (χ2v) is 9.97. The zero-order chi connectivity index (χ0) is 22.7. The molecule has 1 amide bonds. The number of nitrogens with zero attached hydrogens (tertiary/aromatic N) is 4. The van der Waals surface area contributed by atoms with E-state index in [4.69, 9.17) is 5.10 Å². The number of pyridine rings is 1. The quantitative estimate of drug-likeness (QED) is 0.335. The minimum atomic E-state index is -0.0185. The number of carbonyl (C=O) groups excluding carboxylic acids is 1. The Kier molecular flexibility index (Phi) is 6.70. The monoisotopic (exact) mass is 446 g/mol. The third kappa shape index (κ3) is 4.75. The van der Waals surface area contributed by atoms with E-state index in [1.54, 1.807) is 11.3 Å². The maximum atomic E-state index is 13.8. The Hall–Kier alpha value is -2.99. The lowest BCUT2D eigenvalue weighted by molar-refractivity contribution is 0.0710. The Morgan fingerprint density at radius 1 is 1.00 bits per heavy atom. The van der Waals surface area contributed by atoms with Crippen molar-refractivity contribution in [2.24, 2.45) is 11.8 Å². The van der Waals surface area contributed by atoms with Crippen molar-refractivity contribution in [1.29, 1.82) is 0 Å². The number of hydrogen-bond donors (Lipinski definition) is 0. The highest BCUT2D eigenvalue weighted by molar-refractivity contribution is 7.13. The van der Waals surface area contributed by atoms with Crippen molar-refractivity contribution < 1.29 is 4.79 Å². The van der Waals surface area contributed by atoms with Crippen LogP contribution in [0.3, 0.4) is 0 Å². The van der Waals surface area contributed by atoms with Gasteiger partial charge in [0.1, 0.15) is 0 Å². The summed E-state index contributed by atoms with van der Waals surface area (Å²) in [5.41, 5.74) is 3.38. The van der Waals surface area contributed by atoms with Gasteiger partial charge in [-0.15, -0.1) is 11.3 Å². The van der Waals surface area contributed by atoms with Crippen LogP contribution in [0.2, 0.25) is 0 Å². The Morgan fingerprint density at radius 2 is 1.72 bits per heavy atom. The van der Waals surface area contributed by atoms with Gasteiger partial charge in [0.2, 0.25) is 0 Å². The van der Waals surface area contributed by atoms with Crippen LogP contribution in [0, 0.1) is 11.8 Å². The van der Waals surface area contributed by atoms with Gasteiger partial charge in [0.25, 0.3) is 5.91 Å². The van der Waals surface area contributed by atoms with Crippen LogP contribution in [-0.4, -0.2) is 38.7 Å². The van der Waals surface area contributed by atoms with E-state index < -0.39 is 0 Å². The zero-order valence-electron chi connectivity index (χ0n) is 19.2. The van der Waals surface area contributed by atoms with Gasteiger partial charge in [-0.2, -0.15) is 5.10 Å². The molecule has 0 saturated carbocycles. The van der Waals surface area contributed by atoms with Crippen molar-refractivity contribution in [1.82, 2.24) is 19.7 Å². The summed E-state index contributed by atoms with van der Waals surface area (Å²) in [6.45, 7) is 10.6. The molecule has 1 aromatic carbocycles. The minimum absolute atomic E-state index is 0.0185. The van der Waals surface area contributed by atoms with Gasteiger partial charge in [-0.1, -0.05) is 64.1 Å². The third-order valence-corrected chi connectivity index (χ3v) is 6.16. The van der Waals surface area contributed by atoms with Crippen LogP contribution in [0.25, 0.3) is 21.5 Å². The first kappa shape index (κ1) is 22.2. The highest BCUT2D eigenvalue weighted by Gasteiger charge is 2.27. The predicted molar refractivity (Wildman–Crippen MR) is 132 cm³/mol. The molecule has 0 unspecified atom stereocenters. The fraction of sp³-hybridized carbons (Fsp3) is 0.346. The maximum Gasteiger partial charge on any atom is 0.275 e. The van der Waals surface area contributed by atoms with E-state index in [1.165, 1.54) is 0 Å². The lowest BCUT2D eigenvalue weighted by atomic mass is 10.1. The van der Waals surface area contributed by atoms with Crippen molar-refractivity contribution in [3.8, 4) is 10.4 Å². The first-order valence-electron chi connectivity index (χ1n) is 11.2. The van der Waals surface area contributed by atoms with E-state index in [1.807, 2.05) is 46.1 Å². The van der Waals surface area contributed by atoms with Crippen LogP contribution < -0.4 is 0 Å². The molecule has 0 fully saturated rings. The van der Waals surface area contributed by atoms with Gasteiger partial charge in [0.05, 0.1) is 11.9 Å². The zero-order valence-corrected chi connectivity index (χ0v) is 20.0. The molecule has 0 radical (unpaired) electrons. The van der Waals surface area contributed by atoms with E-state index in [9.17, 15) is 4.79 Å². The van der Waals surface area contributed by atoms with Crippen LogP contribution in [0.4, 0.5) is 0 Å². The molecule has 6 heteroatoms. The summed E-state index contributed by atoms with van der Waals surface area (Å²) in [4.78, 5) is 21.6. The summed E-state index contributed by atoms with van der Waals surface area (Å²) >= 11 is 1.66. The number of rotatable bonds is 8. The first-order chi connectivity index (χ1) is 15.4. The normalized spacial score (nSPS) is 11.6. The smallest absolute Gasteiger partial charge is 0.275 e. The number of amides is 1. The molecule has 4 rings (SSSR count). The summed E-state index contributed by atoms with van der Waals surface area (Å²) < 4.78 is 1.87. The average Bonchev–Trinajstić information content (AvgIpc) is 3.42. The molecule has 3 aromatic heterocycles. The van der Waals surface area contributed by atoms with Gasteiger partial charge in [-0.3, -0.25) is 4.79 Å². The molecular weight excluding hydrogens is 416 g/mol. The first-order valence-corrected chi connectivity index (χ1v) is 12.0. The van der Waals surface area contributed by atoms with Crippen molar-refractivity contribution in [2.75, 3.05) is 13.1 Å². The van der Waals surface area contributed by atoms with E-state index in [-0.39, 0.29) is 5.91 Å². The van der Waals surface area contributed by atoms with Crippen LogP contribution >= 0.6 is 11.3 Å². The van der Waals surface area contributed by atoms with Crippen LogP contribution in [0.1, 0.15) is 43.7 Å². The van der Waals surface area contributed by atoms with E-state index in [0.29, 0.717) is 37.2 Å². The molecule has 5 nitrogen and oxygen atoms in total. The van der Waals surface area contributed by atoms with Crippen LogP contribution in [0.15, 0.2) is 60.1 Å². The molecule has 0 bridgehead atoms. The van der Waals surface area contributed by atoms with Gasteiger partial charge >= 0.3 is 0 Å². The lowest BCUT2D eigenvalue weighted by Gasteiger charge is -2.25. The standard InChI is InChI=1S/C26H30N4OS/c1-18(2)15-29(16-19(3)4)26(31)24-23-21(22-11-8-14-32-22)12-13-27-25(23)30(28-24)17-20-9-6-5-7-10-20/h5-14,18-19H,15-17H2,1-4H3. The molecule has 0 atom stereocenters. The summed E-state index contributed by atoms with van der Waals surface area (Å²) in [7, 11) is 0. The SMILES string of the molecule is CC(C)CN(CC(C)C)C(=O)c1nn(Cc2ccccc2)c2nccc(-c3cccs3)c12. The molecular formula is C26H30N4OS.